The maximum atomic E-state index is 12.5. The average Bonchev–Trinajstić information content (AvgIpc) is 2.75. The molecule has 2 aromatic carbocycles. The number of benzene rings is 2. The maximum absolute atomic E-state index is 12.5. The SMILES string of the molecule is CC(=O)Nc1ccc(NC(=O)/C(C#N)=C\N2CCN(Cc3ccccc3)CC2)cc1. The van der Waals surface area contributed by atoms with Crippen LogP contribution in [0.1, 0.15) is 12.5 Å². The van der Waals surface area contributed by atoms with Crippen LogP contribution in [0.3, 0.4) is 0 Å². The number of amides is 2. The second-order valence-electron chi connectivity index (χ2n) is 7.16. The minimum Gasteiger partial charge on any atom is -0.374 e. The van der Waals surface area contributed by atoms with Gasteiger partial charge in [-0.05, 0) is 29.8 Å². The fourth-order valence-corrected chi connectivity index (χ4v) is 3.25. The number of hydrogen-bond acceptors (Lipinski definition) is 5. The van der Waals surface area contributed by atoms with Gasteiger partial charge in [0.05, 0.1) is 0 Å². The third-order valence-electron chi connectivity index (χ3n) is 4.80. The summed E-state index contributed by atoms with van der Waals surface area (Å²) in [7, 11) is 0. The van der Waals surface area contributed by atoms with Gasteiger partial charge < -0.3 is 15.5 Å². The number of carbonyl (C=O) groups excluding carboxylic acids is 2. The molecular weight excluding hydrogens is 378 g/mol. The van der Waals surface area contributed by atoms with E-state index in [0.29, 0.717) is 11.4 Å². The van der Waals surface area contributed by atoms with Gasteiger partial charge in [0.15, 0.2) is 0 Å². The summed E-state index contributed by atoms with van der Waals surface area (Å²) in [6.45, 7) is 5.60. The van der Waals surface area contributed by atoms with Crippen molar-refractivity contribution in [1.82, 2.24) is 9.80 Å². The Kier molecular flexibility index (Phi) is 7.19. The summed E-state index contributed by atoms with van der Waals surface area (Å²) in [5.74, 6) is -0.609. The number of rotatable bonds is 6. The molecule has 7 heteroatoms. The van der Waals surface area contributed by atoms with Crippen LogP contribution in [0, 0.1) is 11.3 Å². The molecule has 2 N–H and O–H groups in total. The summed E-state index contributed by atoms with van der Waals surface area (Å²) >= 11 is 0. The molecule has 0 saturated carbocycles. The van der Waals surface area contributed by atoms with Crippen LogP contribution in [0.25, 0.3) is 0 Å². The largest absolute Gasteiger partial charge is 0.374 e. The highest BCUT2D eigenvalue weighted by molar-refractivity contribution is 6.06. The zero-order chi connectivity index (χ0) is 21.3. The predicted octanol–water partition coefficient (Wildman–Crippen LogP) is 2.81. The summed E-state index contributed by atoms with van der Waals surface area (Å²) < 4.78 is 0. The monoisotopic (exact) mass is 403 g/mol. The number of hydrogen-bond donors (Lipinski definition) is 2. The van der Waals surface area contributed by atoms with Crippen molar-refractivity contribution in [2.45, 2.75) is 13.5 Å². The van der Waals surface area contributed by atoms with Gasteiger partial charge in [-0.3, -0.25) is 14.5 Å². The summed E-state index contributed by atoms with van der Waals surface area (Å²) in [6, 6.07) is 19.1. The molecule has 154 valence electrons. The summed E-state index contributed by atoms with van der Waals surface area (Å²) in [4.78, 5) is 27.9. The van der Waals surface area contributed by atoms with E-state index in [2.05, 4.69) is 27.7 Å². The molecule has 0 unspecified atom stereocenters. The van der Waals surface area contributed by atoms with E-state index in [0.717, 1.165) is 32.7 Å². The number of nitriles is 1. The molecule has 2 aromatic rings. The van der Waals surface area contributed by atoms with E-state index in [1.807, 2.05) is 29.2 Å². The topological polar surface area (TPSA) is 88.5 Å². The average molecular weight is 403 g/mol. The van der Waals surface area contributed by atoms with Crippen molar-refractivity contribution in [3.8, 4) is 6.07 Å². The molecule has 1 aliphatic rings. The lowest BCUT2D eigenvalue weighted by Gasteiger charge is -2.34. The van der Waals surface area contributed by atoms with Crippen molar-refractivity contribution in [2.75, 3.05) is 36.8 Å². The van der Waals surface area contributed by atoms with E-state index in [1.165, 1.54) is 12.5 Å². The Morgan fingerprint density at radius 2 is 1.57 bits per heavy atom. The molecule has 1 fully saturated rings. The maximum Gasteiger partial charge on any atom is 0.267 e. The molecule has 1 aliphatic heterocycles. The zero-order valence-electron chi connectivity index (χ0n) is 17.0. The smallest absolute Gasteiger partial charge is 0.267 e. The number of anilines is 2. The van der Waals surface area contributed by atoms with Gasteiger partial charge in [-0.25, -0.2) is 0 Å². The summed E-state index contributed by atoms with van der Waals surface area (Å²) in [6.07, 6.45) is 1.64. The Morgan fingerprint density at radius 3 is 2.13 bits per heavy atom. The van der Waals surface area contributed by atoms with E-state index in [9.17, 15) is 14.9 Å². The molecule has 30 heavy (non-hydrogen) atoms. The van der Waals surface area contributed by atoms with Crippen molar-refractivity contribution in [2.24, 2.45) is 0 Å². The van der Waals surface area contributed by atoms with Gasteiger partial charge >= 0.3 is 0 Å². The lowest BCUT2D eigenvalue weighted by atomic mass is 10.2. The Balaban J connectivity index is 1.53. The fourth-order valence-electron chi connectivity index (χ4n) is 3.25. The lowest BCUT2D eigenvalue weighted by Crippen LogP contribution is -2.43. The van der Waals surface area contributed by atoms with Gasteiger partial charge in [-0.1, -0.05) is 30.3 Å². The van der Waals surface area contributed by atoms with Crippen LogP contribution in [0.15, 0.2) is 66.4 Å². The molecule has 7 nitrogen and oxygen atoms in total. The predicted molar refractivity (Wildman–Crippen MR) is 116 cm³/mol. The van der Waals surface area contributed by atoms with Crippen molar-refractivity contribution < 1.29 is 9.59 Å². The highest BCUT2D eigenvalue weighted by Gasteiger charge is 2.17. The molecule has 1 heterocycles. The first-order valence-corrected chi connectivity index (χ1v) is 9.85. The fraction of sp³-hybridized carbons (Fsp3) is 0.261. The van der Waals surface area contributed by atoms with E-state index in [4.69, 9.17) is 0 Å². The van der Waals surface area contributed by atoms with Crippen molar-refractivity contribution in [3.05, 3.63) is 71.9 Å². The van der Waals surface area contributed by atoms with Gasteiger partial charge in [-0.15, -0.1) is 0 Å². The third kappa shape index (κ3) is 6.19. The zero-order valence-corrected chi connectivity index (χ0v) is 17.0. The number of nitrogens with zero attached hydrogens (tertiary/aromatic N) is 3. The molecule has 0 atom stereocenters. The van der Waals surface area contributed by atoms with Crippen LogP contribution in [0.2, 0.25) is 0 Å². The first-order valence-electron chi connectivity index (χ1n) is 9.85. The van der Waals surface area contributed by atoms with E-state index < -0.39 is 5.91 Å². The van der Waals surface area contributed by atoms with Crippen LogP contribution in [-0.4, -0.2) is 47.8 Å². The molecule has 0 aromatic heterocycles. The number of carbonyl (C=O) groups is 2. The highest BCUT2D eigenvalue weighted by atomic mass is 16.2. The highest BCUT2D eigenvalue weighted by Crippen LogP contribution is 2.15. The van der Waals surface area contributed by atoms with E-state index in [-0.39, 0.29) is 11.5 Å². The van der Waals surface area contributed by atoms with E-state index >= 15 is 0 Å². The van der Waals surface area contributed by atoms with Gasteiger partial charge in [0.2, 0.25) is 5.91 Å². The van der Waals surface area contributed by atoms with Gasteiger partial charge in [0.1, 0.15) is 11.6 Å². The van der Waals surface area contributed by atoms with E-state index in [1.54, 1.807) is 30.5 Å². The normalized spacial score (nSPS) is 14.7. The van der Waals surface area contributed by atoms with Crippen LogP contribution in [0.4, 0.5) is 11.4 Å². The summed E-state index contributed by atoms with van der Waals surface area (Å²) in [5, 5.41) is 14.8. The number of piperazine rings is 1. The summed E-state index contributed by atoms with van der Waals surface area (Å²) in [5.41, 5.74) is 2.55. The van der Waals surface area contributed by atoms with Gasteiger partial charge in [0.25, 0.3) is 5.91 Å². The standard InChI is InChI=1S/C23H25N5O2/c1-18(29)25-21-7-9-22(10-8-21)26-23(30)20(15-24)17-28-13-11-27(12-14-28)16-19-5-3-2-4-6-19/h2-10,17H,11-14,16H2,1H3,(H,25,29)(H,26,30)/b20-17-. The molecule has 1 saturated heterocycles. The van der Waals surface area contributed by atoms with Crippen LogP contribution in [0.5, 0.6) is 0 Å². The van der Waals surface area contributed by atoms with Crippen molar-refractivity contribution in [3.63, 3.8) is 0 Å². The third-order valence-corrected chi connectivity index (χ3v) is 4.80. The molecule has 3 rings (SSSR count). The molecule has 0 aliphatic carbocycles. The minimum absolute atomic E-state index is 0.0671. The Morgan fingerprint density at radius 1 is 0.967 bits per heavy atom. The van der Waals surface area contributed by atoms with Crippen molar-refractivity contribution in [1.29, 1.82) is 5.26 Å². The van der Waals surface area contributed by atoms with Crippen LogP contribution in [-0.2, 0) is 16.1 Å². The first kappa shape index (κ1) is 21.1. The molecule has 0 radical (unpaired) electrons. The second-order valence-corrected chi connectivity index (χ2v) is 7.16. The molecule has 0 bridgehead atoms. The van der Waals surface area contributed by atoms with Gasteiger partial charge in [-0.2, -0.15) is 5.26 Å². The lowest BCUT2D eigenvalue weighted by molar-refractivity contribution is -0.114. The van der Waals surface area contributed by atoms with Crippen LogP contribution >= 0.6 is 0 Å². The molecular formula is C23H25N5O2. The first-order chi connectivity index (χ1) is 14.5. The van der Waals surface area contributed by atoms with Crippen LogP contribution < -0.4 is 10.6 Å². The Bertz CT molecular complexity index is 940. The van der Waals surface area contributed by atoms with Gasteiger partial charge in [0, 0.05) is 57.2 Å². The second kappa shape index (κ2) is 10.2. The molecule has 0 spiro atoms. The number of nitrogens with one attached hydrogen (secondary N) is 2. The molecule has 2 amide bonds. The van der Waals surface area contributed by atoms with Crippen molar-refractivity contribution >= 4 is 23.2 Å². The Labute approximate surface area is 176 Å². The minimum atomic E-state index is -0.448. The Hall–Kier alpha value is -3.63. The quantitative estimate of drug-likeness (QED) is 0.572.